The summed E-state index contributed by atoms with van der Waals surface area (Å²) in [4.78, 5) is 13.5. The minimum absolute atomic E-state index is 0.0418. The van der Waals surface area contributed by atoms with Crippen LogP contribution in [0.5, 0.6) is 0 Å². The van der Waals surface area contributed by atoms with Crippen molar-refractivity contribution in [3.8, 4) is 0 Å². The van der Waals surface area contributed by atoms with E-state index in [2.05, 4.69) is 11.9 Å². The van der Waals surface area contributed by atoms with Crippen molar-refractivity contribution in [3.63, 3.8) is 0 Å². The fourth-order valence-electron chi connectivity index (χ4n) is 1.38. The molecule has 0 spiro atoms. The molecular formula is C10H18N2O. The smallest absolute Gasteiger partial charge is 0.240 e. The number of rotatable bonds is 2. The van der Waals surface area contributed by atoms with Crippen molar-refractivity contribution in [1.82, 2.24) is 10.2 Å². The molecule has 0 aromatic carbocycles. The first-order valence-electron chi connectivity index (χ1n) is 4.69. The highest BCUT2D eigenvalue weighted by atomic mass is 16.2. The Kier molecular flexibility index (Phi) is 3.09. The zero-order valence-corrected chi connectivity index (χ0v) is 8.63. The van der Waals surface area contributed by atoms with Crippen LogP contribution in [-0.4, -0.2) is 36.5 Å². The van der Waals surface area contributed by atoms with Gasteiger partial charge in [-0.2, -0.15) is 0 Å². The molecule has 1 N–H and O–H groups in total. The van der Waals surface area contributed by atoms with Crippen LogP contribution in [0.2, 0.25) is 0 Å². The highest BCUT2D eigenvalue weighted by molar-refractivity contribution is 5.82. The third-order valence-corrected chi connectivity index (χ3v) is 2.51. The van der Waals surface area contributed by atoms with Gasteiger partial charge in [-0.05, 0) is 20.3 Å². The van der Waals surface area contributed by atoms with Gasteiger partial charge in [0.2, 0.25) is 5.91 Å². The Morgan fingerprint density at radius 1 is 1.69 bits per heavy atom. The van der Waals surface area contributed by atoms with Crippen LogP contribution >= 0.6 is 0 Å². The van der Waals surface area contributed by atoms with E-state index in [1.807, 2.05) is 20.9 Å². The maximum Gasteiger partial charge on any atom is 0.240 e. The lowest BCUT2D eigenvalue weighted by Gasteiger charge is -2.24. The number of hydrogen-bond donors (Lipinski definition) is 1. The summed E-state index contributed by atoms with van der Waals surface area (Å²) in [5, 5.41) is 3.15. The molecule has 0 aromatic rings. The quantitative estimate of drug-likeness (QED) is 0.640. The number of likely N-dealkylation sites (N-methyl/N-ethyl adjacent to an activating group) is 1. The number of hydrogen-bond acceptors (Lipinski definition) is 2. The Labute approximate surface area is 79.8 Å². The van der Waals surface area contributed by atoms with Crippen molar-refractivity contribution in [2.75, 3.05) is 13.6 Å². The predicted molar refractivity (Wildman–Crippen MR) is 53.5 cm³/mol. The fraction of sp³-hybridized carbons (Fsp3) is 0.700. The molecule has 3 nitrogen and oxygen atoms in total. The van der Waals surface area contributed by atoms with Crippen LogP contribution in [0, 0.1) is 0 Å². The van der Waals surface area contributed by atoms with Crippen LogP contribution in [0.15, 0.2) is 12.2 Å². The topological polar surface area (TPSA) is 32.3 Å². The van der Waals surface area contributed by atoms with Gasteiger partial charge in [0.25, 0.3) is 0 Å². The van der Waals surface area contributed by atoms with E-state index in [4.69, 9.17) is 0 Å². The molecule has 1 aliphatic rings. The normalized spacial score (nSPS) is 22.5. The van der Waals surface area contributed by atoms with E-state index in [1.165, 1.54) is 0 Å². The summed E-state index contributed by atoms with van der Waals surface area (Å²) in [6, 6.07) is 0.225. The van der Waals surface area contributed by atoms with Gasteiger partial charge in [0.1, 0.15) is 0 Å². The molecule has 74 valence electrons. The molecule has 0 aliphatic carbocycles. The van der Waals surface area contributed by atoms with E-state index in [9.17, 15) is 4.79 Å². The van der Waals surface area contributed by atoms with Crippen LogP contribution in [-0.2, 0) is 4.79 Å². The Morgan fingerprint density at radius 3 is 2.69 bits per heavy atom. The zero-order valence-electron chi connectivity index (χ0n) is 8.63. The molecule has 1 atom stereocenters. The Bertz CT molecular complexity index is 223. The van der Waals surface area contributed by atoms with Gasteiger partial charge in [-0.15, -0.1) is 0 Å². The summed E-state index contributed by atoms with van der Waals surface area (Å²) in [7, 11) is 1.84. The second kappa shape index (κ2) is 3.92. The van der Waals surface area contributed by atoms with Crippen molar-refractivity contribution in [1.29, 1.82) is 0 Å². The Balaban J connectivity index is 2.53. The summed E-state index contributed by atoms with van der Waals surface area (Å²) >= 11 is 0. The molecular weight excluding hydrogens is 164 g/mol. The molecule has 0 bridgehead atoms. The van der Waals surface area contributed by atoms with Crippen molar-refractivity contribution >= 4 is 5.91 Å². The summed E-state index contributed by atoms with van der Waals surface area (Å²) in [6.07, 6.45) is 0.788. The fourth-order valence-corrected chi connectivity index (χ4v) is 1.38. The lowest BCUT2D eigenvalue weighted by atomic mass is 10.1. The van der Waals surface area contributed by atoms with Crippen molar-refractivity contribution in [3.05, 3.63) is 12.2 Å². The third kappa shape index (κ3) is 2.31. The first kappa shape index (κ1) is 10.3. The standard InChI is InChI=1S/C10H18N2O/c1-7(2)12(4)10(13)9-5-8(3)6-11-9/h7,9,11H,3,5-6H2,1-2,4H3/t9-/m0/s1. The third-order valence-electron chi connectivity index (χ3n) is 2.51. The van der Waals surface area contributed by atoms with Crippen LogP contribution in [0.4, 0.5) is 0 Å². The second-order valence-electron chi connectivity index (χ2n) is 3.93. The van der Waals surface area contributed by atoms with Gasteiger partial charge >= 0.3 is 0 Å². The maximum atomic E-state index is 11.8. The first-order chi connectivity index (χ1) is 6.02. The van der Waals surface area contributed by atoms with Crippen LogP contribution in [0.3, 0.4) is 0 Å². The van der Waals surface area contributed by atoms with E-state index < -0.39 is 0 Å². The zero-order chi connectivity index (χ0) is 10.0. The van der Waals surface area contributed by atoms with Gasteiger partial charge in [0.15, 0.2) is 0 Å². The number of carbonyl (C=O) groups is 1. The van der Waals surface area contributed by atoms with E-state index in [0.29, 0.717) is 0 Å². The summed E-state index contributed by atoms with van der Waals surface area (Å²) in [6.45, 7) is 8.67. The lowest BCUT2D eigenvalue weighted by Crippen LogP contribution is -2.44. The van der Waals surface area contributed by atoms with Gasteiger partial charge in [-0.1, -0.05) is 12.2 Å². The van der Waals surface area contributed by atoms with Gasteiger partial charge < -0.3 is 10.2 Å². The monoisotopic (exact) mass is 182 g/mol. The number of nitrogens with zero attached hydrogens (tertiary/aromatic N) is 1. The summed E-state index contributed by atoms with van der Waals surface area (Å²) in [5.74, 6) is 0.175. The maximum absolute atomic E-state index is 11.8. The Hall–Kier alpha value is -0.830. The highest BCUT2D eigenvalue weighted by Crippen LogP contribution is 2.13. The van der Waals surface area contributed by atoms with Crippen molar-refractivity contribution in [2.24, 2.45) is 0 Å². The number of carbonyl (C=O) groups excluding carboxylic acids is 1. The second-order valence-corrected chi connectivity index (χ2v) is 3.93. The summed E-state index contributed by atoms with van der Waals surface area (Å²) in [5.41, 5.74) is 1.12. The minimum Gasteiger partial charge on any atom is -0.342 e. The SMILES string of the molecule is C=C1CN[C@H](C(=O)N(C)C(C)C)C1. The predicted octanol–water partition coefficient (Wildman–Crippen LogP) is 0.771. The van der Waals surface area contributed by atoms with Gasteiger partial charge in [-0.25, -0.2) is 0 Å². The number of amides is 1. The molecule has 0 radical (unpaired) electrons. The van der Waals surface area contributed by atoms with Gasteiger partial charge in [-0.3, -0.25) is 4.79 Å². The molecule has 0 unspecified atom stereocenters. The molecule has 0 aromatic heterocycles. The molecule has 1 aliphatic heterocycles. The van der Waals surface area contributed by atoms with Gasteiger partial charge in [0, 0.05) is 19.6 Å². The molecule has 13 heavy (non-hydrogen) atoms. The minimum atomic E-state index is -0.0418. The number of nitrogens with one attached hydrogen (secondary N) is 1. The molecule has 1 saturated heterocycles. The van der Waals surface area contributed by atoms with Crippen LogP contribution in [0.25, 0.3) is 0 Å². The highest BCUT2D eigenvalue weighted by Gasteiger charge is 2.27. The van der Waals surface area contributed by atoms with Crippen LogP contribution < -0.4 is 5.32 Å². The average Bonchev–Trinajstić information content (AvgIpc) is 2.49. The largest absolute Gasteiger partial charge is 0.342 e. The molecule has 1 rings (SSSR count). The van der Waals surface area contributed by atoms with E-state index in [1.54, 1.807) is 4.90 Å². The van der Waals surface area contributed by atoms with E-state index >= 15 is 0 Å². The van der Waals surface area contributed by atoms with E-state index in [0.717, 1.165) is 18.5 Å². The first-order valence-corrected chi connectivity index (χ1v) is 4.69. The summed E-state index contributed by atoms with van der Waals surface area (Å²) < 4.78 is 0. The van der Waals surface area contributed by atoms with Gasteiger partial charge in [0.05, 0.1) is 6.04 Å². The molecule has 1 heterocycles. The van der Waals surface area contributed by atoms with Crippen molar-refractivity contribution in [2.45, 2.75) is 32.4 Å². The van der Waals surface area contributed by atoms with E-state index in [-0.39, 0.29) is 18.0 Å². The molecule has 0 saturated carbocycles. The Morgan fingerprint density at radius 2 is 2.31 bits per heavy atom. The van der Waals surface area contributed by atoms with Crippen molar-refractivity contribution < 1.29 is 4.79 Å². The molecule has 1 fully saturated rings. The molecule has 1 amide bonds. The molecule has 3 heteroatoms. The lowest BCUT2D eigenvalue weighted by molar-refractivity contribution is -0.133. The average molecular weight is 182 g/mol. The van der Waals surface area contributed by atoms with Crippen LogP contribution in [0.1, 0.15) is 20.3 Å².